The predicted octanol–water partition coefficient (Wildman–Crippen LogP) is 7.21. The lowest BCUT2D eigenvalue weighted by Crippen LogP contribution is -1.96. The van der Waals surface area contributed by atoms with Crippen LogP contribution in [-0.2, 0) is 12.8 Å². The summed E-state index contributed by atoms with van der Waals surface area (Å²) in [5.41, 5.74) is 7.25. The van der Waals surface area contributed by atoms with E-state index in [9.17, 15) is 0 Å². The highest BCUT2D eigenvalue weighted by molar-refractivity contribution is 6.22. The van der Waals surface area contributed by atoms with Crippen LogP contribution in [0.2, 0.25) is 0 Å². The first-order valence-corrected chi connectivity index (χ1v) is 11.2. The van der Waals surface area contributed by atoms with Crippen molar-refractivity contribution in [3.63, 3.8) is 0 Å². The first kappa shape index (κ1) is 22.0. The summed E-state index contributed by atoms with van der Waals surface area (Å²) in [4.78, 5) is 0. The van der Waals surface area contributed by atoms with E-state index in [4.69, 9.17) is 21.1 Å². The number of methoxy groups -OCH3 is 2. The molecule has 0 aliphatic carbocycles. The van der Waals surface area contributed by atoms with E-state index in [1.165, 1.54) is 22.3 Å². The number of benzene rings is 4. The standard InChI is InChI=1S/C29H27ClO2/c1-31-27-15-7-23(8-16-27)19-21-3-11-25(12-4-21)29(30)26-13-5-22(6-14-26)20-24-9-17-28(32-2)18-10-24/h3-18,29H,19-20H2,1-2H3. The minimum atomic E-state index is -0.167. The Balaban J connectivity index is 1.39. The van der Waals surface area contributed by atoms with Crippen molar-refractivity contribution in [3.05, 3.63) is 130 Å². The molecule has 0 unspecified atom stereocenters. The van der Waals surface area contributed by atoms with Crippen molar-refractivity contribution in [2.24, 2.45) is 0 Å². The van der Waals surface area contributed by atoms with Gasteiger partial charge in [-0.25, -0.2) is 0 Å². The quantitative estimate of drug-likeness (QED) is 0.268. The van der Waals surface area contributed by atoms with Crippen LogP contribution in [0.1, 0.15) is 38.8 Å². The van der Waals surface area contributed by atoms with Gasteiger partial charge in [-0.05, 0) is 70.5 Å². The van der Waals surface area contributed by atoms with Crippen molar-refractivity contribution < 1.29 is 9.47 Å². The van der Waals surface area contributed by atoms with Crippen LogP contribution in [-0.4, -0.2) is 14.2 Å². The molecule has 0 atom stereocenters. The molecule has 0 fully saturated rings. The molecule has 3 heteroatoms. The molecule has 32 heavy (non-hydrogen) atoms. The molecule has 0 heterocycles. The summed E-state index contributed by atoms with van der Waals surface area (Å²) < 4.78 is 10.5. The van der Waals surface area contributed by atoms with Crippen molar-refractivity contribution in [1.29, 1.82) is 0 Å². The van der Waals surface area contributed by atoms with Crippen LogP contribution in [0, 0.1) is 0 Å². The zero-order valence-electron chi connectivity index (χ0n) is 18.4. The molecule has 0 amide bonds. The molecule has 2 nitrogen and oxygen atoms in total. The van der Waals surface area contributed by atoms with E-state index in [1.807, 2.05) is 24.3 Å². The molecule has 0 aliphatic heterocycles. The van der Waals surface area contributed by atoms with Crippen molar-refractivity contribution in [1.82, 2.24) is 0 Å². The van der Waals surface area contributed by atoms with E-state index < -0.39 is 0 Å². The second kappa shape index (κ2) is 10.4. The molecule has 0 N–H and O–H groups in total. The Morgan fingerprint density at radius 1 is 0.500 bits per heavy atom. The molecule has 4 rings (SSSR count). The average Bonchev–Trinajstić information content (AvgIpc) is 2.85. The van der Waals surface area contributed by atoms with E-state index in [2.05, 4.69) is 72.8 Å². The van der Waals surface area contributed by atoms with Gasteiger partial charge in [-0.2, -0.15) is 0 Å². The zero-order valence-corrected chi connectivity index (χ0v) is 19.2. The Labute approximate surface area is 195 Å². The normalized spacial score (nSPS) is 10.9. The Morgan fingerprint density at radius 3 is 1.06 bits per heavy atom. The predicted molar refractivity (Wildman–Crippen MR) is 132 cm³/mol. The van der Waals surface area contributed by atoms with E-state index in [0.717, 1.165) is 35.5 Å². The molecular weight excluding hydrogens is 416 g/mol. The maximum Gasteiger partial charge on any atom is 0.118 e. The summed E-state index contributed by atoms with van der Waals surface area (Å²) in [6.07, 6.45) is 1.77. The third-order valence-electron chi connectivity index (χ3n) is 5.68. The molecule has 4 aromatic carbocycles. The van der Waals surface area contributed by atoms with Gasteiger partial charge in [0, 0.05) is 0 Å². The molecule has 0 saturated heterocycles. The van der Waals surface area contributed by atoms with Gasteiger partial charge in [0.05, 0.1) is 19.6 Å². The van der Waals surface area contributed by atoms with E-state index in [0.29, 0.717) is 0 Å². The lowest BCUT2D eigenvalue weighted by atomic mass is 9.98. The minimum absolute atomic E-state index is 0.167. The first-order valence-electron chi connectivity index (χ1n) is 10.7. The third-order valence-corrected chi connectivity index (χ3v) is 6.18. The summed E-state index contributed by atoms with van der Waals surface area (Å²) in [7, 11) is 3.37. The summed E-state index contributed by atoms with van der Waals surface area (Å²) in [6, 6.07) is 33.5. The van der Waals surface area contributed by atoms with Crippen molar-refractivity contribution in [2.45, 2.75) is 18.2 Å². The molecule has 0 aliphatic rings. The fourth-order valence-electron chi connectivity index (χ4n) is 3.76. The van der Waals surface area contributed by atoms with Crippen LogP contribution >= 0.6 is 11.6 Å². The van der Waals surface area contributed by atoms with Crippen LogP contribution in [0.3, 0.4) is 0 Å². The Morgan fingerprint density at radius 2 is 0.781 bits per heavy atom. The summed E-state index contributed by atoms with van der Waals surface area (Å²) in [6.45, 7) is 0. The van der Waals surface area contributed by atoms with E-state index >= 15 is 0 Å². The van der Waals surface area contributed by atoms with Crippen LogP contribution in [0.25, 0.3) is 0 Å². The topological polar surface area (TPSA) is 18.5 Å². The Hall–Kier alpha value is -3.23. The van der Waals surface area contributed by atoms with Gasteiger partial charge in [0.2, 0.25) is 0 Å². The second-order valence-electron chi connectivity index (χ2n) is 7.90. The Bertz CT molecular complexity index is 1020. The van der Waals surface area contributed by atoms with Crippen molar-refractivity contribution in [2.75, 3.05) is 14.2 Å². The van der Waals surface area contributed by atoms with Gasteiger partial charge in [0.1, 0.15) is 11.5 Å². The average molecular weight is 443 g/mol. The highest BCUT2D eigenvalue weighted by atomic mass is 35.5. The number of hydrogen-bond donors (Lipinski definition) is 0. The van der Waals surface area contributed by atoms with Crippen molar-refractivity contribution >= 4 is 11.6 Å². The van der Waals surface area contributed by atoms with Gasteiger partial charge in [-0.15, -0.1) is 11.6 Å². The van der Waals surface area contributed by atoms with Gasteiger partial charge in [-0.1, -0.05) is 72.8 Å². The number of halogens is 1. The Kier molecular flexibility index (Phi) is 7.14. The number of alkyl halides is 1. The number of rotatable bonds is 8. The highest BCUT2D eigenvalue weighted by Gasteiger charge is 2.11. The molecule has 4 aromatic rings. The minimum Gasteiger partial charge on any atom is -0.497 e. The third kappa shape index (κ3) is 5.52. The molecule has 162 valence electrons. The zero-order chi connectivity index (χ0) is 22.3. The summed E-state index contributed by atoms with van der Waals surface area (Å²) in [5.74, 6) is 1.76. The van der Waals surface area contributed by atoms with Gasteiger partial charge in [0.15, 0.2) is 0 Å². The molecule has 0 saturated carbocycles. The van der Waals surface area contributed by atoms with E-state index in [-0.39, 0.29) is 5.38 Å². The second-order valence-corrected chi connectivity index (χ2v) is 8.33. The van der Waals surface area contributed by atoms with Crippen LogP contribution < -0.4 is 9.47 Å². The monoisotopic (exact) mass is 442 g/mol. The highest BCUT2D eigenvalue weighted by Crippen LogP contribution is 2.30. The SMILES string of the molecule is COc1ccc(Cc2ccc(C(Cl)c3ccc(Cc4ccc(OC)cc4)cc3)cc2)cc1. The van der Waals surface area contributed by atoms with Crippen LogP contribution in [0.5, 0.6) is 11.5 Å². The van der Waals surface area contributed by atoms with Crippen molar-refractivity contribution in [3.8, 4) is 11.5 Å². The summed E-state index contributed by atoms with van der Waals surface area (Å²) >= 11 is 6.80. The van der Waals surface area contributed by atoms with Crippen LogP contribution in [0.15, 0.2) is 97.1 Å². The maximum atomic E-state index is 6.80. The molecule has 0 aromatic heterocycles. The maximum absolute atomic E-state index is 6.80. The van der Waals surface area contributed by atoms with Gasteiger partial charge >= 0.3 is 0 Å². The molecule has 0 radical (unpaired) electrons. The smallest absolute Gasteiger partial charge is 0.118 e. The van der Waals surface area contributed by atoms with E-state index in [1.54, 1.807) is 14.2 Å². The fraction of sp³-hybridized carbons (Fsp3) is 0.172. The van der Waals surface area contributed by atoms with Crippen LogP contribution in [0.4, 0.5) is 0 Å². The molecular formula is C29H27ClO2. The summed E-state index contributed by atoms with van der Waals surface area (Å²) in [5, 5.41) is -0.167. The lowest BCUT2D eigenvalue weighted by Gasteiger charge is -2.12. The number of ether oxygens (including phenoxy) is 2. The largest absolute Gasteiger partial charge is 0.497 e. The van der Waals surface area contributed by atoms with Gasteiger partial charge < -0.3 is 9.47 Å². The number of hydrogen-bond acceptors (Lipinski definition) is 2. The molecule has 0 bridgehead atoms. The molecule has 0 spiro atoms. The lowest BCUT2D eigenvalue weighted by molar-refractivity contribution is 0.414. The first-order chi connectivity index (χ1) is 15.6. The van der Waals surface area contributed by atoms with Gasteiger partial charge in [-0.3, -0.25) is 0 Å². The fourth-order valence-corrected chi connectivity index (χ4v) is 4.05. The van der Waals surface area contributed by atoms with Gasteiger partial charge in [0.25, 0.3) is 0 Å².